The second-order valence-electron chi connectivity index (χ2n) is 8.85. The average Bonchev–Trinajstić information content (AvgIpc) is 3.40. The number of benzene rings is 2. The molecule has 3 aromatic heterocycles. The molecule has 0 unspecified atom stereocenters. The number of hydrogen-bond donors (Lipinski definition) is 1. The largest absolute Gasteiger partial charge is 0.573 e. The maximum Gasteiger partial charge on any atom is 0.573 e. The van der Waals surface area contributed by atoms with Crippen molar-refractivity contribution in [3.05, 3.63) is 77.8 Å². The topological polar surface area (TPSA) is 119 Å². The van der Waals surface area contributed by atoms with Crippen LogP contribution in [0.5, 0.6) is 34.5 Å². The molecule has 2 aromatic carbocycles. The van der Waals surface area contributed by atoms with E-state index < -0.39 is 18.0 Å². The van der Waals surface area contributed by atoms with E-state index in [-0.39, 0.29) is 34.6 Å². The highest BCUT2D eigenvalue weighted by Gasteiger charge is 2.31. The molecule has 0 bridgehead atoms. The first-order valence-electron chi connectivity index (χ1n) is 12.8. The van der Waals surface area contributed by atoms with Gasteiger partial charge in [0.05, 0.1) is 49.4 Å². The number of fused-ring (bicyclic) bond motifs is 1. The molecule has 0 aliphatic heterocycles. The average molecular weight is 630 g/mol. The zero-order valence-corrected chi connectivity index (χ0v) is 24.1. The molecule has 228 valence electrons. The minimum Gasteiger partial charge on any atom is -0.493 e. The van der Waals surface area contributed by atoms with Gasteiger partial charge in [-0.1, -0.05) is 11.6 Å². The summed E-state index contributed by atoms with van der Waals surface area (Å²) in [5.74, 6) is 1.08. The predicted molar refractivity (Wildman–Crippen MR) is 154 cm³/mol. The van der Waals surface area contributed by atoms with Gasteiger partial charge in [0.1, 0.15) is 23.1 Å². The SMILES string of the molecule is CCOc1cn(-c2ccc(OC(F)(F)F)cc2Cl)nc1C(=O)Nc1ccc(Oc2ccnc3cc(OC)c(OC)cc23)cn1. The zero-order chi connectivity index (χ0) is 31.4. The van der Waals surface area contributed by atoms with Crippen LogP contribution in [-0.2, 0) is 0 Å². The van der Waals surface area contributed by atoms with E-state index in [1.807, 2.05) is 0 Å². The number of halogens is 4. The van der Waals surface area contributed by atoms with Crippen LogP contribution < -0.4 is 29.0 Å². The van der Waals surface area contributed by atoms with Crippen molar-refractivity contribution in [2.75, 3.05) is 26.1 Å². The van der Waals surface area contributed by atoms with Crippen LogP contribution in [0.4, 0.5) is 19.0 Å². The Bertz CT molecular complexity index is 1810. The van der Waals surface area contributed by atoms with E-state index in [9.17, 15) is 18.0 Å². The standard InChI is InChI=1S/C29H23ClF3N5O6/c1-4-42-25-15-38(21-7-5-16(11-19(21)30)44-29(31,32)33)37-27(25)28(39)36-26-8-6-17(14-35-26)43-22-9-10-34-20-13-24(41-3)23(40-2)12-18(20)22/h5-15H,4H2,1-3H3,(H,35,36,39). The third kappa shape index (κ3) is 6.70. The van der Waals surface area contributed by atoms with Crippen LogP contribution >= 0.6 is 11.6 Å². The summed E-state index contributed by atoms with van der Waals surface area (Å²) in [4.78, 5) is 21.8. The quantitative estimate of drug-likeness (QED) is 0.177. The molecule has 0 fully saturated rings. The number of amides is 1. The number of anilines is 1. The van der Waals surface area contributed by atoms with Crippen molar-refractivity contribution in [2.45, 2.75) is 13.3 Å². The normalized spacial score (nSPS) is 11.2. The van der Waals surface area contributed by atoms with Crippen LogP contribution in [0.15, 0.2) is 67.1 Å². The van der Waals surface area contributed by atoms with Gasteiger partial charge in [-0.3, -0.25) is 9.78 Å². The summed E-state index contributed by atoms with van der Waals surface area (Å²) < 4.78 is 65.1. The number of methoxy groups -OCH3 is 2. The molecule has 0 aliphatic rings. The number of rotatable bonds is 10. The van der Waals surface area contributed by atoms with Crippen molar-refractivity contribution >= 4 is 34.2 Å². The predicted octanol–water partition coefficient (Wildman–Crippen LogP) is 6.83. The summed E-state index contributed by atoms with van der Waals surface area (Å²) >= 11 is 6.19. The minimum atomic E-state index is -4.88. The molecule has 5 rings (SSSR count). The molecule has 0 radical (unpaired) electrons. The Labute approximate surface area is 253 Å². The maximum atomic E-state index is 13.1. The summed E-state index contributed by atoms with van der Waals surface area (Å²) in [6, 6.07) is 11.7. The monoisotopic (exact) mass is 629 g/mol. The number of carbonyl (C=O) groups is 1. The number of alkyl halides is 3. The minimum absolute atomic E-state index is 0.0962. The Kier molecular flexibility index (Phi) is 8.62. The van der Waals surface area contributed by atoms with E-state index in [4.69, 9.17) is 30.5 Å². The van der Waals surface area contributed by atoms with Gasteiger partial charge in [0, 0.05) is 23.7 Å². The number of aromatic nitrogens is 4. The second kappa shape index (κ2) is 12.6. The first-order valence-corrected chi connectivity index (χ1v) is 13.2. The van der Waals surface area contributed by atoms with E-state index in [0.29, 0.717) is 33.9 Å². The fourth-order valence-electron chi connectivity index (χ4n) is 4.12. The molecule has 0 atom stereocenters. The van der Waals surface area contributed by atoms with Crippen molar-refractivity contribution in [2.24, 2.45) is 0 Å². The summed E-state index contributed by atoms with van der Waals surface area (Å²) in [5.41, 5.74) is 0.724. The molecule has 1 amide bonds. The fraction of sp³-hybridized carbons (Fsp3) is 0.172. The lowest BCUT2D eigenvalue weighted by Gasteiger charge is -2.12. The molecule has 0 aliphatic carbocycles. The molecular formula is C29H23ClF3N5O6. The summed E-state index contributed by atoms with van der Waals surface area (Å²) in [5, 5.41) is 7.47. The van der Waals surface area contributed by atoms with Crippen molar-refractivity contribution in [3.8, 4) is 40.2 Å². The van der Waals surface area contributed by atoms with E-state index in [2.05, 4.69) is 25.1 Å². The molecule has 0 spiro atoms. The van der Waals surface area contributed by atoms with Gasteiger partial charge in [0.15, 0.2) is 22.9 Å². The van der Waals surface area contributed by atoms with Gasteiger partial charge in [-0.15, -0.1) is 13.2 Å². The third-order valence-electron chi connectivity index (χ3n) is 6.01. The summed E-state index contributed by atoms with van der Waals surface area (Å²) in [6.07, 6.45) is -0.468. The molecule has 11 nitrogen and oxygen atoms in total. The lowest BCUT2D eigenvalue weighted by Crippen LogP contribution is -2.17. The first kappa shape index (κ1) is 30.2. The van der Waals surface area contributed by atoms with Crippen LogP contribution in [-0.4, -0.2) is 52.8 Å². The second-order valence-corrected chi connectivity index (χ2v) is 9.26. The third-order valence-corrected chi connectivity index (χ3v) is 6.31. The highest BCUT2D eigenvalue weighted by molar-refractivity contribution is 6.32. The highest BCUT2D eigenvalue weighted by Crippen LogP contribution is 2.37. The van der Waals surface area contributed by atoms with Crippen molar-refractivity contribution in [1.82, 2.24) is 19.7 Å². The van der Waals surface area contributed by atoms with Gasteiger partial charge >= 0.3 is 6.36 Å². The molecular weight excluding hydrogens is 607 g/mol. The zero-order valence-electron chi connectivity index (χ0n) is 23.3. The van der Waals surface area contributed by atoms with Gasteiger partial charge in [0.25, 0.3) is 5.91 Å². The van der Waals surface area contributed by atoms with E-state index in [0.717, 1.165) is 12.1 Å². The number of nitrogens with one attached hydrogen (secondary N) is 1. The summed E-state index contributed by atoms with van der Waals surface area (Å²) in [7, 11) is 3.07. The number of nitrogens with zero attached hydrogens (tertiary/aromatic N) is 4. The molecule has 44 heavy (non-hydrogen) atoms. The molecule has 3 heterocycles. The molecule has 0 saturated carbocycles. The Hall–Kier alpha value is -5.24. The van der Waals surface area contributed by atoms with Gasteiger partial charge in [-0.05, 0) is 43.3 Å². The lowest BCUT2D eigenvalue weighted by molar-refractivity contribution is -0.274. The molecule has 1 N–H and O–H groups in total. The van der Waals surface area contributed by atoms with Crippen molar-refractivity contribution < 1.29 is 41.7 Å². The van der Waals surface area contributed by atoms with Crippen LogP contribution in [0.25, 0.3) is 16.6 Å². The molecule has 15 heteroatoms. The maximum absolute atomic E-state index is 13.1. The lowest BCUT2D eigenvalue weighted by atomic mass is 10.2. The van der Waals surface area contributed by atoms with Crippen LogP contribution in [0, 0.1) is 0 Å². The van der Waals surface area contributed by atoms with E-state index >= 15 is 0 Å². The van der Waals surface area contributed by atoms with Crippen LogP contribution in [0.1, 0.15) is 17.4 Å². The number of pyridine rings is 2. The van der Waals surface area contributed by atoms with Crippen LogP contribution in [0.2, 0.25) is 5.02 Å². The van der Waals surface area contributed by atoms with E-state index in [1.165, 1.54) is 43.4 Å². The number of carbonyl (C=O) groups excluding carboxylic acids is 1. The first-order chi connectivity index (χ1) is 21.1. The van der Waals surface area contributed by atoms with Crippen molar-refractivity contribution in [3.63, 3.8) is 0 Å². The van der Waals surface area contributed by atoms with Gasteiger partial charge in [0.2, 0.25) is 0 Å². The number of hydrogen-bond acceptors (Lipinski definition) is 9. The Morgan fingerprint density at radius 2 is 1.70 bits per heavy atom. The van der Waals surface area contributed by atoms with E-state index in [1.54, 1.807) is 37.4 Å². The van der Waals surface area contributed by atoms with Gasteiger partial charge < -0.3 is 29.0 Å². The molecule has 0 saturated heterocycles. The summed E-state index contributed by atoms with van der Waals surface area (Å²) in [6.45, 7) is 1.93. The number of ether oxygens (including phenoxy) is 5. The fourth-order valence-corrected chi connectivity index (χ4v) is 4.38. The molecule has 5 aromatic rings. The van der Waals surface area contributed by atoms with Crippen molar-refractivity contribution in [1.29, 1.82) is 0 Å². The highest BCUT2D eigenvalue weighted by atomic mass is 35.5. The Balaban J connectivity index is 1.33. The Morgan fingerprint density at radius 3 is 2.36 bits per heavy atom. The smallest absolute Gasteiger partial charge is 0.493 e. The van der Waals surface area contributed by atoms with Crippen LogP contribution in [0.3, 0.4) is 0 Å². The Morgan fingerprint density at radius 1 is 0.955 bits per heavy atom. The van der Waals surface area contributed by atoms with Gasteiger partial charge in [-0.2, -0.15) is 5.10 Å². The van der Waals surface area contributed by atoms with Gasteiger partial charge in [-0.25, -0.2) is 9.67 Å².